The highest BCUT2D eigenvalue weighted by atomic mass is 32.1. The molecule has 3 aliphatic rings. The van der Waals surface area contributed by atoms with Crippen molar-refractivity contribution in [1.82, 2.24) is 9.80 Å². The molecule has 1 spiro atoms. The van der Waals surface area contributed by atoms with Gasteiger partial charge in [-0.3, -0.25) is 9.69 Å². The maximum absolute atomic E-state index is 12.4. The Morgan fingerprint density at radius 2 is 2.16 bits per heavy atom. The van der Waals surface area contributed by atoms with Gasteiger partial charge in [-0.25, -0.2) is 0 Å². The second-order valence-electron chi connectivity index (χ2n) is 8.29. The minimum absolute atomic E-state index is 0.337. The van der Waals surface area contributed by atoms with Crippen molar-refractivity contribution in [1.29, 1.82) is 0 Å². The van der Waals surface area contributed by atoms with Gasteiger partial charge in [-0.1, -0.05) is 6.07 Å². The molecule has 1 saturated carbocycles. The normalized spacial score (nSPS) is 26.4. The molecule has 1 amide bonds. The predicted molar refractivity (Wildman–Crippen MR) is 101 cm³/mol. The van der Waals surface area contributed by atoms with Crippen LogP contribution in [0.3, 0.4) is 0 Å². The average Bonchev–Trinajstić information content (AvgIpc) is 3.16. The Morgan fingerprint density at radius 3 is 2.80 bits per heavy atom. The van der Waals surface area contributed by atoms with Crippen molar-refractivity contribution in [2.45, 2.75) is 38.6 Å². The third kappa shape index (κ3) is 3.93. The van der Waals surface area contributed by atoms with Gasteiger partial charge in [0.05, 0.1) is 6.61 Å². The lowest BCUT2D eigenvalue weighted by atomic mass is 9.71. The van der Waals surface area contributed by atoms with Gasteiger partial charge in [0.25, 0.3) is 0 Å². The fourth-order valence-corrected chi connectivity index (χ4v) is 5.53. The average molecular weight is 363 g/mol. The molecule has 3 heterocycles. The predicted octanol–water partition coefficient (Wildman–Crippen LogP) is 3.24. The third-order valence-electron chi connectivity index (χ3n) is 6.48. The molecule has 2 aliphatic heterocycles. The molecule has 138 valence electrons. The van der Waals surface area contributed by atoms with Gasteiger partial charge in [0.1, 0.15) is 0 Å². The molecule has 0 bridgehead atoms. The first-order valence-electron chi connectivity index (χ1n) is 9.70. The number of amides is 1. The summed E-state index contributed by atoms with van der Waals surface area (Å²) in [5.74, 6) is 1.68. The Labute approximate surface area is 155 Å². The smallest absolute Gasteiger partial charge is 0.222 e. The largest absolute Gasteiger partial charge is 0.384 e. The maximum Gasteiger partial charge on any atom is 0.222 e. The standard InChI is InChI=1S/C20H30N2O2S/c1-24-14-17-12-21(13-18-3-2-10-25-18)15-20(17)6-8-22(9-7-20)19(23)11-16-4-5-16/h2-3,10,16-17H,4-9,11-15H2,1H3/t17-/m1/s1. The summed E-state index contributed by atoms with van der Waals surface area (Å²) in [5.41, 5.74) is 0.337. The quantitative estimate of drug-likeness (QED) is 0.779. The molecule has 0 radical (unpaired) electrons. The Balaban J connectivity index is 1.37. The van der Waals surface area contributed by atoms with Crippen LogP contribution >= 0.6 is 11.3 Å². The Morgan fingerprint density at radius 1 is 1.36 bits per heavy atom. The minimum Gasteiger partial charge on any atom is -0.384 e. The summed E-state index contributed by atoms with van der Waals surface area (Å²) in [4.78, 5) is 18.6. The van der Waals surface area contributed by atoms with Crippen molar-refractivity contribution in [2.24, 2.45) is 17.3 Å². The number of methoxy groups -OCH3 is 1. The fourth-order valence-electron chi connectivity index (χ4n) is 4.78. The zero-order valence-electron chi connectivity index (χ0n) is 15.3. The van der Waals surface area contributed by atoms with E-state index in [1.165, 1.54) is 17.7 Å². The highest BCUT2D eigenvalue weighted by molar-refractivity contribution is 7.09. The van der Waals surface area contributed by atoms with Crippen LogP contribution in [-0.2, 0) is 16.1 Å². The van der Waals surface area contributed by atoms with E-state index in [1.54, 1.807) is 0 Å². The number of thiophene rings is 1. The maximum atomic E-state index is 12.4. The molecular weight excluding hydrogens is 332 g/mol. The summed E-state index contributed by atoms with van der Waals surface area (Å²) in [6, 6.07) is 4.38. The minimum atomic E-state index is 0.337. The second-order valence-corrected chi connectivity index (χ2v) is 9.32. The van der Waals surface area contributed by atoms with Crippen LogP contribution < -0.4 is 0 Å². The molecule has 1 atom stereocenters. The number of carbonyl (C=O) groups is 1. The van der Waals surface area contributed by atoms with Gasteiger partial charge < -0.3 is 9.64 Å². The third-order valence-corrected chi connectivity index (χ3v) is 7.34. The number of rotatable bonds is 6. The molecule has 25 heavy (non-hydrogen) atoms. The first-order chi connectivity index (χ1) is 12.2. The zero-order valence-corrected chi connectivity index (χ0v) is 16.1. The van der Waals surface area contributed by atoms with Crippen molar-refractivity contribution in [2.75, 3.05) is 39.9 Å². The summed E-state index contributed by atoms with van der Waals surface area (Å²) in [6.45, 7) is 6.07. The van der Waals surface area contributed by atoms with Gasteiger partial charge in [0, 0.05) is 57.0 Å². The number of hydrogen-bond acceptors (Lipinski definition) is 4. The number of hydrogen-bond donors (Lipinski definition) is 0. The van der Waals surface area contributed by atoms with Crippen molar-refractivity contribution < 1.29 is 9.53 Å². The van der Waals surface area contributed by atoms with Crippen LogP contribution in [0.15, 0.2) is 17.5 Å². The van der Waals surface area contributed by atoms with Gasteiger partial charge in [-0.2, -0.15) is 0 Å². The van der Waals surface area contributed by atoms with Crippen LogP contribution in [0.25, 0.3) is 0 Å². The lowest BCUT2D eigenvalue weighted by Crippen LogP contribution is -2.47. The van der Waals surface area contributed by atoms with E-state index in [1.807, 2.05) is 18.4 Å². The molecule has 0 N–H and O–H groups in total. The van der Waals surface area contributed by atoms with Crippen molar-refractivity contribution in [3.05, 3.63) is 22.4 Å². The summed E-state index contributed by atoms with van der Waals surface area (Å²) in [5, 5.41) is 2.16. The van der Waals surface area contributed by atoms with Crippen LogP contribution in [0, 0.1) is 17.3 Å². The van der Waals surface area contributed by atoms with Crippen molar-refractivity contribution >= 4 is 17.2 Å². The molecule has 5 heteroatoms. The van der Waals surface area contributed by atoms with E-state index in [0.717, 1.165) is 58.6 Å². The number of likely N-dealkylation sites (tertiary alicyclic amines) is 2. The molecule has 0 aromatic carbocycles. The van der Waals surface area contributed by atoms with Crippen LogP contribution in [0.4, 0.5) is 0 Å². The SMILES string of the molecule is COC[C@H]1CN(Cc2cccs2)CC12CCN(C(=O)CC1CC1)CC2. The molecule has 1 aliphatic carbocycles. The molecule has 3 fully saturated rings. The number of piperidine rings is 1. The van der Waals surface area contributed by atoms with E-state index >= 15 is 0 Å². The highest BCUT2D eigenvalue weighted by Gasteiger charge is 2.48. The lowest BCUT2D eigenvalue weighted by Gasteiger charge is -2.42. The first-order valence-corrected chi connectivity index (χ1v) is 10.6. The van der Waals surface area contributed by atoms with Gasteiger partial charge in [0.15, 0.2) is 0 Å². The summed E-state index contributed by atoms with van der Waals surface area (Å²) < 4.78 is 5.57. The van der Waals surface area contributed by atoms with Crippen molar-refractivity contribution in [3.63, 3.8) is 0 Å². The Hall–Kier alpha value is -0.910. The zero-order chi connectivity index (χ0) is 17.3. The van der Waals surface area contributed by atoms with E-state index in [0.29, 0.717) is 23.2 Å². The van der Waals surface area contributed by atoms with Crippen molar-refractivity contribution in [3.8, 4) is 0 Å². The lowest BCUT2D eigenvalue weighted by molar-refractivity contribution is -0.134. The van der Waals surface area contributed by atoms with E-state index in [-0.39, 0.29) is 0 Å². The molecular formula is C20H30N2O2S. The van der Waals surface area contributed by atoms with E-state index in [4.69, 9.17) is 4.74 Å². The molecule has 4 rings (SSSR count). The number of carbonyl (C=O) groups excluding carboxylic acids is 1. The number of ether oxygens (including phenoxy) is 1. The molecule has 0 unspecified atom stereocenters. The molecule has 1 aromatic heterocycles. The van der Waals surface area contributed by atoms with Crippen LogP contribution in [-0.4, -0.2) is 55.6 Å². The second kappa shape index (κ2) is 7.37. The molecule has 2 saturated heterocycles. The number of nitrogens with zero attached hydrogens (tertiary/aromatic N) is 2. The van der Waals surface area contributed by atoms with Gasteiger partial charge in [-0.15, -0.1) is 11.3 Å². The van der Waals surface area contributed by atoms with E-state index in [9.17, 15) is 4.79 Å². The molecule has 1 aromatic rings. The topological polar surface area (TPSA) is 32.8 Å². The first kappa shape index (κ1) is 17.5. The van der Waals surface area contributed by atoms with Crippen LogP contribution in [0.2, 0.25) is 0 Å². The summed E-state index contributed by atoms with van der Waals surface area (Å²) in [7, 11) is 1.82. The highest BCUT2D eigenvalue weighted by Crippen LogP contribution is 2.45. The monoisotopic (exact) mass is 362 g/mol. The Bertz CT molecular complexity index is 577. The summed E-state index contributed by atoms with van der Waals surface area (Å²) in [6.07, 6.45) is 5.59. The van der Waals surface area contributed by atoms with Gasteiger partial charge in [0.2, 0.25) is 5.91 Å². The van der Waals surface area contributed by atoms with Crippen LogP contribution in [0.5, 0.6) is 0 Å². The molecule has 4 nitrogen and oxygen atoms in total. The van der Waals surface area contributed by atoms with E-state index < -0.39 is 0 Å². The Kier molecular flexibility index (Phi) is 5.16. The fraction of sp³-hybridized carbons (Fsp3) is 0.750. The van der Waals surface area contributed by atoms with Gasteiger partial charge >= 0.3 is 0 Å². The van der Waals surface area contributed by atoms with Gasteiger partial charge in [-0.05, 0) is 48.5 Å². The van der Waals surface area contributed by atoms with E-state index in [2.05, 4.69) is 27.3 Å². The summed E-state index contributed by atoms with van der Waals surface area (Å²) >= 11 is 1.85. The van der Waals surface area contributed by atoms with Crippen LogP contribution in [0.1, 0.15) is 37.0 Å².